The molecule has 0 aliphatic rings. The van der Waals surface area contributed by atoms with Crippen LogP contribution in [0, 0.1) is 0 Å². The first-order valence-corrected chi connectivity index (χ1v) is 6.77. The van der Waals surface area contributed by atoms with Crippen molar-refractivity contribution >= 4 is 34.7 Å². The molecule has 2 amide bonds. The average molecular weight is 304 g/mol. The van der Waals surface area contributed by atoms with Gasteiger partial charge in [0.05, 0.1) is 7.11 Å². The minimum absolute atomic E-state index is 0.0150. The highest BCUT2D eigenvalue weighted by atomic mass is 32.2. The van der Waals surface area contributed by atoms with Gasteiger partial charge in [-0.05, 0) is 6.92 Å². The van der Waals surface area contributed by atoms with Gasteiger partial charge in [-0.2, -0.15) is 0 Å². The molecule has 0 aromatic carbocycles. The van der Waals surface area contributed by atoms with Gasteiger partial charge in [-0.25, -0.2) is 4.79 Å². The normalized spacial score (nSPS) is 9.35. The summed E-state index contributed by atoms with van der Waals surface area (Å²) in [5.41, 5.74) is 4.66. The van der Waals surface area contributed by atoms with Crippen molar-refractivity contribution in [3.8, 4) is 0 Å². The van der Waals surface area contributed by atoms with Crippen LogP contribution in [-0.2, 0) is 23.9 Å². The smallest absolute Gasteiger partial charge is 0.330 e. The molecule has 0 aliphatic heterocycles. The molecule has 0 atom stereocenters. The van der Waals surface area contributed by atoms with Gasteiger partial charge in [0.2, 0.25) is 11.8 Å². The number of esters is 1. The number of hydrogen-bond acceptors (Lipinski definition) is 6. The third kappa shape index (κ3) is 18.5. The Balaban J connectivity index is 0. The standard InChI is InChI=1S/C7H13NO2S.C5H7NO3/c1-3-8-7(10)4-5-11-6(2)9;1-9-5(8)3-2-4(6)7/h3-5H2,1-2H3,(H,8,10);2-3H,1H3,(H2,6,7)/b;3-2+. The fourth-order valence-electron chi connectivity index (χ4n) is 0.791. The zero-order valence-electron chi connectivity index (χ0n) is 11.8. The summed E-state index contributed by atoms with van der Waals surface area (Å²) in [6.45, 7) is 4.03. The predicted molar refractivity (Wildman–Crippen MR) is 76.8 cm³/mol. The zero-order chi connectivity index (χ0) is 16.0. The van der Waals surface area contributed by atoms with Crippen LogP contribution in [0.1, 0.15) is 20.3 Å². The van der Waals surface area contributed by atoms with E-state index in [2.05, 4.69) is 15.8 Å². The highest BCUT2D eigenvalue weighted by molar-refractivity contribution is 8.13. The molecule has 0 saturated carbocycles. The number of hydrogen-bond donors (Lipinski definition) is 2. The van der Waals surface area contributed by atoms with Crippen molar-refractivity contribution in [3.63, 3.8) is 0 Å². The Hall–Kier alpha value is -1.83. The molecular weight excluding hydrogens is 284 g/mol. The van der Waals surface area contributed by atoms with Gasteiger partial charge in [0.15, 0.2) is 5.12 Å². The molecule has 0 fully saturated rings. The number of primary amides is 1. The van der Waals surface area contributed by atoms with E-state index >= 15 is 0 Å². The largest absolute Gasteiger partial charge is 0.466 e. The van der Waals surface area contributed by atoms with Gasteiger partial charge < -0.3 is 15.8 Å². The van der Waals surface area contributed by atoms with Gasteiger partial charge >= 0.3 is 5.97 Å². The molecule has 0 aromatic rings. The maximum atomic E-state index is 10.8. The zero-order valence-corrected chi connectivity index (χ0v) is 12.6. The van der Waals surface area contributed by atoms with Crippen molar-refractivity contribution < 1.29 is 23.9 Å². The van der Waals surface area contributed by atoms with E-state index in [9.17, 15) is 19.2 Å². The van der Waals surface area contributed by atoms with E-state index < -0.39 is 11.9 Å². The van der Waals surface area contributed by atoms with Crippen LogP contribution in [0.25, 0.3) is 0 Å². The van der Waals surface area contributed by atoms with Gasteiger partial charge in [-0.3, -0.25) is 14.4 Å². The van der Waals surface area contributed by atoms with Gasteiger partial charge in [0, 0.05) is 37.8 Å². The number of thioether (sulfide) groups is 1. The number of nitrogens with two attached hydrogens (primary N) is 1. The second-order valence-electron chi connectivity index (χ2n) is 3.30. The fraction of sp³-hybridized carbons (Fsp3) is 0.500. The van der Waals surface area contributed by atoms with Crippen LogP contribution in [0.2, 0.25) is 0 Å². The number of methoxy groups -OCH3 is 1. The number of amides is 2. The average Bonchev–Trinajstić information content (AvgIpc) is 2.36. The van der Waals surface area contributed by atoms with Gasteiger partial charge in [0.25, 0.3) is 0 Å². The molecule has 0 aliphatic carbocycles. The van der Waals surface area contributed by atoms with E-state index in [1.165, 1.54) is 25.8 Å². The van der Waals surface area contributed by atoms with Crippen LogP contribution in [0.15, 0.2) is 12.2 Å². The Morgan fingerprint density at radius 3 is 2.25 bits per heavy atom. The summed E-state index contributed by atoms with van der Waals surface area (Å²) in [6, 6.07) is 0. The van der Waals surface area contributed by atoms with Crippen molar-refractivity contribution in [3.05, 3.63) is 12.2 Å². The Bertz CT molecular complexity index is 369. The first kappa shape index (κ1) is 20.5. The minimum atomic E-state index is -0.666. The second-order valence-corrected chi connectivity index (χ2v) is 4.57. The van der Waals surface area contributed by atoms with Crippen LogP contribution >= 0.6 is 11.8 Å². The summed E-state index contributed by atoms with van der Waals surface area (Å²) in [5.74, 6) is -0.656. The van der Waals surface area contributed by atoms with E-state index in [1.54, 1.807) is 0 Å². The second kappa shape index (κ2) is 13.6. The lowest BCUT2D eigenvalue weighted by Gasteiger charge is -1.99. The Kier molecular flexibility index (Phi) is 13.9. The summed E-state index contributed by atoms with van der Waals surface area (Å²) in [6.07, 6.45) is 2.33. The van der Waals surface area contributed by atoms with Gasteiger partial charge in [0.1, 0.15) is 0 Å². The van der Waals surface area contributed by atoms with Crippen LogP contribution in [0.3, 0.4) is 0 Å². The molecule has 0 bridgehead atoms. The highest BCUT2D eigenvalue weighted by Gasteiger charge is 2.00. The lowest BCUT2D eigenvalue weighted by Crippen LogP contribution is -2.22. The Morgan fingerprint density at radius 1 is 1.25 bits per heavy atom. The van der Waals surface area contributed by atoms with E-state index in [0.717, 1.165) is 12.2 Å². The number of rotatable bonds is 6. The molecule has 114 valence electrons. The van der Waals surface area contributed by atoms with Crippen molar-refractivity contribution in [2.45, 2.75) is 20.3 Å². The monoisotopic (exact) mass is 304 g/mol. The maximum absolute atomic E-state index is 10.8. The lowest BCUT2D eigenvalue weighted by molar-refractivity contribution is -0.135. The van der Waals surface area contributed by atoms with Gasteiger partial charge in [-0.1, -0.05) is 11.8 Å². The summed E-state index contributed by atoms with van der Waals surface area (Å²) in [4.78, 5) is 41.3. The van der Waals surface area contributed by atoms with E-state index in [0.29, 0.717) is 18.7 Å². The molecule has 0 aromatic heterocycles. The summed E-state index contributed by atoms with van der Waals surface area (Å²) in [7, 11) is 1.22. The first-order valence-electron chi connectivity index (χ1n) is 5.79. The quantitative estimate of drug-likeness (QED) is 0.527. The van der Waals surface area contributed by atoms with Crippen LogP contribution < -0.4 is 11.1 Å². The highest BCUT2D eigenvalue weighted by Crippen LogP contribution is 2.02. The number of carbonyl (C=O) groups is 4. The van der Waals surface area contributed by atoms with Crippen molar-refractivity contribution in [1.82, 2.24) is 5.32 Å². The molecule has 20 heavy (non-hydrogen) atoms. The third-order valence-corrected chi connectivity index (χ3v) is 2.41. The van der Waals surface area contributed by atoms with E-state index in [4.69, 9.17) is 0 Å². The third-order valence-electron chi connectivity index (χ3n) is 1.59. The van der Waals surface area contributed by atoms with E-state index in [-0.39, 0.29) is 11.0 Å². The van der Waals surface area contributed by atoms with Crippen molar-refractivity contribution in [1.29, 1.82) is 0 Å². The Morgan fingerprint density at radius 2 is 1.85 bits per heavy atom. The maximum Gasteiger partial charge on any atom is 0.330 e. The summed E-state index contributed by atoms with van der Waals surface area (Å²) < 4.78 is 4.17. The summed E-state index contributed by atoms with van der Waals surface area (Å²) in [5, 5.41) is 2.72. The molecule has 0 spiro atoms. The van der Waals surface area contributed by atoms with Crippen LogP contribution in [-0.4, -0.2) is 42.3 Å². The molecule has 0 unspecified atom stereocenters. The molecule has 0 heterocycles. The first-order chi connectivity index (χ1) is 9.33. The predicted octanol–water partition coefficient (Wildman–Crippen LogP) is -0.00680. The molecule has 3 N–H and O–H groups in total. The van der Waals surface area contributed by atoms with Crippen molar-refractivity contribution in [2.24, 2.45) is 5.73 Å². The van der Waals surface area contributed by atoms with Crippen LogP contribution in [0.4, 0.5) is 0 Å². The molecule has 0 radical (unpaired) electrons. The lowest BCUT2D eigenvalue weighted by atomic mass is 10.4. The topological polar surface area (TPSA) is 116 Å². The SMILES string of the molecule is CCNC(=O)CCSC(C)=O.COC(=O)/C=C/C(N)=O. The fourth-order valence-corrected chi connectivity index (χ4v) is 1.37. The number of carbonyl (C=O) groups excluding carboxylic acids is 4. The molecular formula is C12H20N2O5S. The van der Waals surface area contributed by atoms with Gasteiger partial charge in [-0.15, -0.1) is 0 Å². The molecule has 8 heteroatoms. The van der Waals surface area contributed by atoms with Crippen LogP contribution in [0.5, 0.6) is 0 Å². The minimum Gasteiger partial charge on any atom is -0.466 e. The molecule has 0 saturated heterocycles. The number of nitrogens with one attached hydrogen (secondary N) is 1. The number of ether oxygens (including phenoxy) is 1. The van der Waals surface area contributed by atoms with Crippen molar-refractivity contribution in [2.75, 3.05) is 19.4 Å². The summed E-state index contributed by atoms with van der Waals surface area (Å²) >= 11 is 1.19. The molecule has 0 rings (SSSR count). The van der Waals surface area contributed by atoms with E-state index in [1.807, 2.05) is 6.92 Å². The molecule has 7 nitrogen and oxygen atoms in total. The Labute approximate surface area is 122 Å².